The van der Waals surface area contributed by atoms with Gasteiger partial charge in [-0.25, -0.2) is 0 Å². The molecule has 3 nitrogen and oxygen atoms in total. The highest BCUT2D eigenvalue weighted by Gasteiger charge is 2.46. The second kappa shape index (κ2) is 11.9. The number of aromatic hydroxyl groups is 2. The van der Waals surface area contributed by atoms with Gasteiger partial charge in [-0.15, -0.1) is 6.42 Å². The first-order valence-electron chi connectivity index (χ1n) is 14.8. The third-order valence-corrected chi connectivity index (χ3v) is 8.45. The van der Waals surface area contributed by atoms with Gasteiger partial charge in [0.2, 0.25) is 0 Å². The van der Waals surface area contributed by atoms with Crippen LogP contribution in [0.25, 0.3) is 32.7 Å². The molecule has 218 valence electrons. The van der Waals surface area contributed by atoms with Gasteiger partial charge in [0, 0.05) is 23.7 Å². The number of phenols is 2. The smallest absolute Gasteiger partial charge is 0.140 e. The first-order chi connectivity index (χ1) is 23.0. The lowest BCUT2D eigenvalue weighted by Gasteiger charge is -2.34. The van der Waals surface area contributed by atoms with E-state index in [2.05, 4.69) is 127 Å². The van der Waals surface area contributed by atoms with Gasteiger partial charge in [-0.1, -0.05) is 66.2 Å². The van der Waals surface area contributed by atoms with Crippen molar-refractivity contribution in [2.45, 2.75) is 12.3 Å². The van der Waals surface area contributed by atoms with E-state index in [0.717, 1.165) is 60.5 Å². The molecule has 0 radical (unpaired) electrons. The van der Waals surface area contributed by atoms with Crippen molar-refractivity contribution in [1.82, 2.24) is 0 Å². The van der Waals surface area contributed by atoms with Crippen LogP contribution in [0.1, 0.15) is 27.8 Å². The molecule has 2 N–H and O–H groups in total. The maximum absolute atomic E-state index is 10.2. The third-order valence-electron chi connectivity index (χ3n) is 8.45. The van der Waals surface area contributed by atoms with Gasteiger partial charge < -0.3 is 14.9 Å². The van der Waals surface area contributed by atoms with Crippen LogP contribution in [-0.4, -0.2) is 10.2 Å². The molecular weight excluding hydrogens is 576 g/mol. The molecule has 0 saturated heterocycles. The van der Waals surface area contributed by atoms with E-state index in [0.29, 0.717) is 5.75 Å². The Morgan fingerprint density at radius 1 is 0.532 bits per heavy atom. The SMILES string of the molecule is C#CC#CC#CC#CC#COc1ccc2c(c1)C(c1ccc3cc(O)ccc3c1)(c1ccc3cc(O)ccc3c1)c1ccc(C)cc1-2. The molecule has 0 aliphatic heterocycles. The van der Waals surface area contributed by atoms with Gasteiger partial charge in [0.1, 0.15) is 23.4 Å². The Morgan fingerprint density at radius 3 is 1.74 bits per heavy atom. The third kappa shape index (κ3) is 5.14. The lowest BCUT2D eigenvalue weighted by molar-refractivity contribution is 0.475. The molecule has 0 fully saturated rings. The summed E-state index contributed by atoms with van der Waals surface area (Å²) < 4.78 is 5.91. The zero-order valence-corrected chi connectivity index (χ0v) is 25.3. The van der Waals surface area contributed by atoms with E-state index in [1.165, 1.54) is 0 Å². The normalized spacial score (nSPS) is 11.6. The predicted molar refractivity (Wildman–Crippen MR) is 187 cm³/mol. The van der Waals surface area contributed by atoms with Gasteiger partial charge >= 0.3 is 0 Å². The lowest BCUT2D eigenvalue weighted by Crippen LogP contribution is -2.28. The van der Waals surface area contributed by atoms with Crippen LogP contribution in [0.4, 0.5) is 0 Å². The fourth-order valence-corrected chi connectivity index (χ4v) is 6.51. The molecule has 0 aromatic heterocycles. The van der Waals surface area contributed by atoms with E-state index < -0.39 is 5.41 Å². The minimum Gasteiger partial charge on any atom is -0.508 e. The van der Waals surface area contributed by atoms with Crippen LogP contribution >= 0.6 is 0 Å². The molecule has 6 aromatic carbocycles. The highest BCUT2D eigenvalue weighted by Crippen LogP contribution is 2.57. The Hall–Kier alpha value is -6.96. The maximum Gasteiger partial charge on any atom is 0.140 e. The van der Waals surface area contributed by atoms with E-state index in [4.69, 9.17) is 11.2 Å². The summed E-state index contributed by atoms with van der Waals surface area (Å²) in [5, 5.41) is 24.3. The zero-order valence-electron chi connectivity index (χ0n) is 25.3. The molecule has 1 aliphatic rings. The molecule has 6 aromatic rings. The molecule has 0 heterocycles. The minimum absolute atomic E-state index is 0.224. The molecule has 0 atom stereocenters. The molecule has 0 amide bonds. The Balaban J connectivity index is 1.46. The standard InChI is InChI=1S/C44H24O3/c1-3-4-5-6-7-8-9-10-23-47-39-20-21-40-41-24-30(2)11-22-42(41)44(43(40)29-39,35-16-12-33-27-37(45)18-14-31(33)25-35)36-17-13-34-28-38(46)19-15-32(34)26-36/h1,11-22,24-29,45-46H,2H3. The van der Waals surface area contributed by atoms with E-state index in [9.17, 15) is 10.2 Å². The number of hydrogen-bond acceptors (Lipinski definition) is 3. The van der Waals surface area contributed by atoms with E-state index >= 15 is 0 Å². The Labute approximate surface area is 273 Å². The number of benzene rings is 6. The van der Waals surface area contributed by atoms with Crippen molar-refractivity contribution in [2.24, 2.45) is 0 Å². The molecule has 7 rings (SSSR count). The fraction of sp³-hybridized carbons (Fsp3) is 0.0455. The van der Waals surface area contributed by atoms with Crippen LogP contribution < -0.4 is 4.74 Å². The number of hydrogen-bond donors (Lipinski definition) is 2. The van der Waals surface area contributed by atoms with Crippen LogP contribution in [0.3, 0.4) is 0 Å². The van der Waals surface area contributed by atoms with Crippen molar-refractivity contribution in [2.75, 3.05) is 0 Å². The Kier molecular flexibility index (Phi) is 7.26. The van der Waals surface area contributed by atoms with E-state index in [1.54, 1.807) is 24.3 Å². The maximum atomic E-state index is 10.2. The summed E-state index contributed by atoms with van der Waals surface area (Å²) in [5.41, 5.74) is 7.02. The summed E-state index contributed by atoms with van der Waals surface area (Å²) in [6.45, 7) is 2.10. The van der Waals surface area contributed by atoms with Crippen molar-refractivity contribution < 1.29 is 14.9 Å². The minimum atomic E-state index is -0.724. The van der Waals surface area contributed by atoms with Gasteiger partial charge in [0.05, 0.1) is 5.41 Å². The average Bonchev–Trinajstić information content (AvgIpc) is 3.36. The zero-order chi connectivity index (χ0) is 32.4. The van der Waals surface area contributed by atoms with Gasteiger partial charge in [-0.05, 0) is 134 Å². The number of ether oxygens (including phenoxy) is 1. The van der Waals surface area contributed by atoms with Crippen LogP contribution in [0, 0.1) is 66.8 Å². The number of phenolic OH excluding ortho intramolecular Hbond substituents is 2. The summed E-state index contributed by atoms with van der Waals surface area (Å²) in [5.74, 6) is 21.2. The molecule has 3 heteroatoms. The van der Waals surface area contributed by atoms with Gasteiger partial charge in [0.25, 0.3) is 0 Å². The van der Waals surface area contributed by atoms with Crippen LogP contribution in [0.5, 0.6) is 17.2 Å². The highest BCUT2D eigenvalue weighted by molar-refractivity contribution is 5.92. The number of rotatable bonds is 3. The number of fused-ring (bicyclic) bond motifs is 5. The first kappa shape index (κ1) is 28.8. The predicted octanol–water partition coefficient (Wildman–Crippen LogP) is 8.06. The molecule has 47 heavy (non-hydrogen) atoms. The van der Waals surface area contributed by atoms with Crippen molar-refractivity contribution >= 4 is 21.5 Å². The summed E-state index contributed by atoms with van der Waals surface area (Å²) >= 11 is 0. The van der Waals surface area contributed by atoms with Gasteiger partial charge in [0.15, 0.2) is 0 Å². The lowest BCUT2D eigenvalue weighted by atomic mass is 9.67. The summed E-state index contributed by atoms with van der Waals surface area (Å²) in [6, 6.07) is 36.3. The highest BCUT2D eigenvalue weighted by atomic mass is 16.5. The monoisotopic (exact) mass is 600 g/mol. The van der Waals surface area contributed by atoms with Gasteiger partial charge in [-0.3, -0.25) is 0 Å². The molecule has 0 unspecified atom stereocenters. The van der Waals surface area contributed by atoms with Crippen molar-refractivity contribution in [3.63, 3.8) is 0 Å². The molecule has 0 saturated carbocycles. The van der Waals surface area contributed by atoms with E-state index in [1.807, 2.05) is 18.2 Å². The molecule has 0 bridgehead atoms. The largest absolute Gasteiger partial charge is 0.508 e. The number of terminal acetylenes is 1. The fourth-order valence-electron chi connectivity index (χ4n) is 6.51. The second-order valence-electron chi connectivity index (χ2n) is 11.2. The average molecular weight is 601 g/mol. The van der Waals surface area contributed by atoms with Crippen molar-refractivity contribution in [3.8, 4) is 88.3 Å². The van der Waals surface area contributed by atoms with Crippen molar-refractivity contribution in [3.05, 3.63) is 137 Å². The van der Waals surface area contributed by atoms with Gasteiger partial charge in [-0.2, -0.15) is 0 Å². The first-order valence-corrected chi connectivity index (χ1v) is 14.8. The quantitative estimate of drug-likeness (QED) is 0.202. The molecule has 0 spiro atoms. The molecule has 1 aliphatic carbocycles. The van der Waals surface area contributed by atoms with Crippen LogP contribution in [-0.2, 0) is 5.41 Å². The van der Waals surface area contributed by atoms with Crippen LogP contribution in [0.15, 0.2) is 109 Å². The Morgan fingerprint density at radius 2 is 1.11 bits per heavy atom. The topological polar surface area (TPSA) is 49.7 Å². The Bertz CT molecular complexity index is 2490. The summed E-state index contributed by atoms with van der Waals surface area (Å²) in [7, 11) is 0. The second-order valence-corrected chi connectivity index (χ2v) is 11.2. The van der Waals surface area contributed by atoms with Crippen molar-refractivity contribution in [1.29, 1.82) is 0 Å². The van der Waals surface area contributed by atoms with Crippen LogP contribution in [0.2, 0.25) is 0 Å². The summed E-state index contributed by atoms with van der Waals surface area (Å²) in [6.07, 6.45) is 7.77. The molecular formula is C44H24O3. The number of aryl methyl sites for hydroxylation is 1. The van der Waals surface area contributed by atoms with E-state index in [-0.39, 0.29) is 11.5 Å². The summed E-state index contributed by atoms with van der Waals surface area (Å²) in [4.78, 5) is 0.